The summed E-state index contributed by atoms with van der Waals surface area (Å²) in [5, 5.41) is 22.3. The molecule has 0 radical (unpaired) electrons. The van der Waals surface area contributed by atoms with Crippen LogP contribution in [0.4, 0.5) is 13.6 Å². The first-order chi connectivity index (χ1) is 16.8. The van der Waals surface area contributed by atoms with E-state index in [1.54, 1.807) is 0 Å². The second kappa shape index (κ2) is 11.9. The molecule has 2 atom stereocenters. The van der Waals surface area contributed by atoms with Gasteiger partial charge in [0.15, 0.2) is 0 Å². The highest BCUT2D eigenvalue weighted by Crippen LogP contribution is 2.44. The van der Waals surface area contributed by atoms with Gasteiger partial charge < -0.3 is 20.5 Å². The minimum absolute atomic E-state index is 0.00444. The van der Waals surface area contributed by atoms with Crippen molar-refractivity contribution in [1.82, 2.24) is 10.6 Å². The van der Waals surface area contributed by atoms with Crippen LogP contribution in [0, 0.1) is 11.3 Å². The summed E-state index contributed by atoms with van der Waals surface area (Å²) in [4.78, 5) is 36.4. The number of amides is 2. The van der Waals surface area contributed by atoms with Gasteiger partial charge in [-0.15, -0.1) is 0 Å². The summed E-state index contributed by atoms with van der Waals surface area (Å²) in [5.41, 5.74) is 4.09. The summed E-state index contributed by atoms with van der Waals surface area (Å²) in [6.07, 6.45) is -4.60. The zero-order valence-electron chi connectivity index (χ0n) is 18.7. The molecule has 184 valence electrons. The predicted octanol–water partition coefficient (Wildman–Crippen LogP) is 3.81. The van der Waals surface area contributed by atoms with E-state index in [4.69, 9.17) is 15.1 Å². The topological polar surface area (TPSA) is 129 Å². The summed E-state index contributed by atoms with van der Waals surface area (Å²) < 4.78 is 30.8. The second-order valence-corrected chi connectivity index (χ2v) is 8.10. The van der Waals surface area contributed by atoms with Gasteiger partial charge in [-0.2, -0.15) is 5.26 Å². The van der Waals surface area contributed by atoms with Crippen molar-refractivity contribution in [1.29, 1.82) is 5.26 Å². The van der Waals surface area contributed by atoms with E-state index in [0.717, 1.165) is 22.3 Å². The van der Waals surface area contributed by atoms with Gasteiger partial charge >= 0.3 is 12.1 Å². The average Bonchev–Trinajstić information content (AvgIpc) is 3.15. The number of carboxylic acid groups (broad SMARTS) is 1. The van der Waals surface area contributed by atoms with E-state index in [0.29, 0.717) is 0 Å². The van der Waals surface area contributed by atoms with Crippen LogP contribution >= 0.6 is 0 Å². The summed E-state index contributed by atoms with van der Waals surface area (Å²) >= 11 is 0. The van der Waals surface area contributed by atoms with Gasteiger partial charge in [-0.1, -0.05) is 48.5 Å². The molecule has 0 spiro atoms. The lowest BCUT2D eigenvalue weighted by Crippen LogP contribution is -2.52. The molecule has 2 aromatic carbocycles. The van der Waals surface area contributed by atoms with Crippen LogP contribution in [-0.4, -0.2) is 48.2 Å². The first-order valence-corrected chi connectivity index (χ1v) is 11.1. The Hall–Kier alpha value is -4.00. The third kappa shape index (κ3) is 6.53. The molecule has 0 saturated carbocycles. The van der Waals surface area contributed by atoms with Crippen molar-refractivity contribution in [2.75, 3.05) is 6.61 Å². The second-order valence-electron chi connectivity index (χ2n) is 8.10. The highest BCUT2D eigenvalue weighted by atomic mass is 19.3. The van der Waals surface area contributed by atoms with Gasteiger partial charge in [0.25, 0.3) is 0 Å². The lowest BCUT2D eigenvalue weighted by atomic mass is 9.98. The molecule has 0 saturated heterocycles. The van der Waals surface area contributed by atoms with Gasteiger partial charge in [0, 0.05) is 18.8 Å². The van der Waals surface area contributed by atoms with E-state index < -0.39 is 42.9 Å². The number of carbonyl (C=O) groups is 3. The van der Waals surface area contributed by atoms with Gasteiger partial charge in [0.1, 0.15) is 18.7 Å². The zero-order valence-corrected chi connectivity index (χ0v) is 18.7. The third-order valence-corrected chi connectivity index (χ3v) is 5.76. The number of nitriles is 1. The molecule has 1 aliphatic rings. The molecule has 2 aromatic rings. The largest absolute Gasteiger partial charge is 0.480 e. The molecule has 3 N–H and O–H groups in total. The monoisotopic (exact) mass is 485 g/mol. The Morgan fingerprint density at radius 1 is 1.00 bits per heavy atom. The summed E-state index contributed by atoms with van der Waals surface area (Å²) in [6.45, 7) is -0.00444. The van der Waals surface area contributed by atoms with Crippen molar-refractivity contribution >= 4 is 18.0 Å². The number of fused-ring (bicyclic) bond motifs is 3. The number of hydrogen-bond donors (Lipinski definition) is 3. The van der Waals surface area contributed by atoms with Crippen molar-refractivity contribution in [3.8, 4) is 17.2 Å². The zero-order chi connectivity index (χ0) is 25.4. The lowest BCUT2D eigenvalue weighted by Gasteiger charge is -2.21. The van der Waals surface area contributed by atoms with E-state index >= 15 is 0 Å². The molecule has 0 bridgehead atoms. The fraction of sp³-hybridized carbons (Fsp3) is 0.360. The molecule has 1 aliphatic carbocycles. The van der Waals surface area contributed by atoms with Crippen LogP contribution in [0.5, 0.6) is 0 Å². The van der Waals surface area contributed by atoms with Crippen LogP contribution in [-0.2, 0) is 14.3 Å². The van der Waals surface area contributed by atoms with E-state index in [2.05, 4.69) is 5.32 Å². The number of unbranched alkanes of at least 4 members (excludes halogenated alkanes) is 1. The van der Waals surface area contributed by atoms with Crippen molar-refractivity contribution in [3.05, 3.63) is 59.7 Å². The number of halogens is 2. The molecular weight excluding hydrogens is 460 g/mol. The average molecular weight is 485 g/mol. The number of aliphatic carboxylic acids is 1. The fourth-order valence-electron chi connectivity index (χ4n) is 4.11. The van der Waals surface area contributed by atoms with Crippen molar-refractivity contribution in [2.45, 2.75) is 50.1 Å². The predicted molar refractivity (Wildman–Crippen MR) is 122 cm³/mol. The molecule has 0 heterocycles. The first-order valence-electron chi connectivity index (χ1n) is 11.1. The smallest absolute Gasteiger partial charge is 0.407 e. The van der Waals surface area contributed by atoms with Gasteiger partial charge in [0.05, 0.1) is 6.07 Å². The molecule has 2 amide bonds. The number of alkyl carbamates (subject to hydrolysis) is 1. The summed E-state index contributed by atoms with van der Waals surface area (Å²) in [6, 6.07) is 14.4. The van der Waals surface area contributed by atoms with Gasteiger partial charge in [0.2, 0.25) is 12.3 Å². The summed E-state index contributed by atoms with van der Waals surface area (Å²) in [5.74, 6) is -2.76. The highest BCUT2D eigenvalue weighted by Gasteiger charge is 2.31. The van der Waals surface area contributed by atoms with Crippen LogP contribution in [0.1, 0.15) is 42.7 Å². The number of alkyl halides is 2. The van der Waals surface area contributed by atoms with Crippen LogP contribution < -0.4 is 10.6 Å². The Morgan fingerprint density at radius 3 is 2.14 bits per heavy atom. The Labute approximate surface area is 200 Å². The minimum atomic E-state index is -2.94. The Bertz CT molecular complexity index is 1070. The normalized spacial score (nSPS) is 13.8. The van der Waals surface area contributed by atoms with Crippen LogP contribution in [0.15, 0.2) is 48.5 Å². The van der Waals surface area contributed by atoms with Crippen molar-refractivity contribution in [3.63, 3.8) is 0 Å². The van der Waals surface area contributed by atoms with Gasteiger partial charge in [-0.3, -0.25) is 4.79 Å². The number of hydrogen-bond acceptors (Lipinski definition) is 5. The molecule has 2 unspecified atom stereocenters. The fourth-order valence-corrected chi connectivity index (χ4v) is 4.11. The molecule has 10 heteroatoms. The molecule has 0 aliphatic heterocycles. The minimum Gasteiger partial charge on any atom is -0.480 e. The molecule has 0 aromatic heterocycles. The van der Waals surface area contributed by atoms with Gasteiger partial charge in [-0.05, 0) is 35.1 Å². The molecular formula is C25H25F2N3O5. The number of ether oxygens (including phenoxy) is 1. The van der Waals surface area contributed by atoms with Crippen molar-refractivity contribution in [2.24, 2.45) is 0 Å². The number of carboxylic acids is 1. The van der Waals surface area contributed by atoms with Crippen LogP contribution in [0.25, 0.3) is 11.1 Å². The van der Waals surface area contributed by atoms with E-state index in [1.165, 1.54) is 0 Å². The number of carbonyl (C=O) groups excluding carboxylic acids is 2. The Kier molecular flexibility index (Phi) is 8.73. The number of nitrogens with zero attached hydrogens (tertiary/aromatic N) is 1. The molecule has 8 nitrogen and oxygen atoms in total. The Morgan fingerprint density at radius 2 is 1.60 bits per heavy atom. The standard InChI is InChI=1S/C25H25F2N3O5/c26-22(27)13-21(24(32)33)29-23(31)20(11-5-6-12-28)30-25(34)35-14-19-17-9-3-1-7-15(17)16-8-2-4-10-18(16)19/h1-4,7-10,19-22H,5-6,11,13-14H2,(H,29,31)(H,30,34)(H,32,33). The van der Waals surface area contributed by atoms with Crippen LogP contribution in [0.2, 0.25) is 0 Å². The molecule has 3 rings (SSSR count). The number of benzene rings is 2. The maximum absolute atomic E-state index is 12.7. The van der Waals surface area contributed by atoms with Crippen LogP contribution in [0.3, 0.4) is 0 Å². The Balaban J connectivity index is 1.66. The van der Waals surface area contributed by atoms with Crippen molar-refractivity contribution < 1.29 is 33.0 Å². The number of rotatable bonds is 11. The SMILES string of the molecule is N#CCCCC(NC(=O)OCC1c2ccccc2-c2ccccc21)C(=O)NC(CC(F)F)C(=O)O. The maximum Gasteiger partial charge on any atom is 0.407 e. The van der Waals surface area contributed by atoms with E-state index in [1.807, 2.05) is 59.9 Å². The molecule has 0 fully saturated rings. The number of nitrogens with one attached hydrogen (secondary N) is 2. The highest BCUT2D eigenvalue weighted by molar-refractivity contribution is 5.89. The first kappa shape index (κ1) is 25.6. The lowest BCUT2D eigenvalue weighted by molar-refractivity contribution is -0.143. The third-order valence-electron chi connectivity index (χ3n) is 5.76. The maximum atomic E-state index is 12.7. The van der Waals surface area contributed by atoms with E-state index in [-0.39, 0.29) is 31.8 Å². The molecule has 35 heavy (non-hydrogen) atoms. The quantitative estimate of drug-likeness (QED) is 0.415. The van der Waals surface area contributed by atoms with E-state index in [9.17, 15) is 23.2 Å². The van der Waals surface area contributed by atoms with Gasteiger partial charge in [-0.25, -0.2) is 18.4 Å². The summed E-state index contributed by atoms with van der Waals surface area (Å²) in [7, 11) is 0.